The lowest BCUT2D eigenvalue weighted by Crippen LogP contribution is -2.36. The third-order valence-electron chi connectivity index (χ3n) is 6.55. The summed E-state index contributed by atoms with van der Waals surface area (Å²) in [5.41, 5.74) is -0.297. The largest absolute Gasteiger partial charge is 0.497 e. The number of hydrogen-bond acceptors (Lipinski definition) is 10. The second kappa shape index (κ2) is 12.1. The van der Waals surface area contributed by atoms with Gasteiger partial charge in [0.15, 0.2) is 12.5 Å². The number of aromatic nitrogens is 2. The topological polar surface area (TPSA) is 185 Å². The molecule has 2 aliphatic heterocycles. The van der Waals surface area contributed by atoms with Gasteiger partial charge in [-0.3, -0.25) is 23.4 Å². The first-order valence-electron chi connectivity index (χ1n) is 12.5. The summed E-state index contributed by atoms with van der Waals surface area (Å²) in [6.45, 7) is -0.610. The van der Waals surface area contributed by atoms with E-state index in [1.54, 1.807) is 0 Å². The van der Waals surface area contributed by atoms with Gasteiger partial charge in [-0.2, -0.15) is 0 Å². The number of aromatic amines is 1. The number of rotatable bonds is 11. The molecule has 2 aromatic carbocycles. The number of phosphoric acid groups is 1. The highest BCUT2D eigenvalue weighted by Crippen LogP contribution is 2.59. The molecule has 5 rings (SSSR count). The molecule has 14 nitrogen and oxygen atoms in total. The normalized spacial score (nSPS) is 26.7. The fourth-order valence-electron chi connectivity index (χ4n) is 4.60. The predicted octanol–water partition coefficient (Wildman–Crippen LogP) is 1.83. The molecule has 3 unspecified atom stereocenters. The highest BCUT2D eigenvalue weighted by Gasteiger charge is 2.54. The van der Waals surface area contributed by atoms with Crippen molar-refractivity contribution in [2.24, 2.45) is 0 Å². The smallest absolute Gasteiger partial charge is 0.479 e. The van der Waals surface area contributed by atoms with E-state index in [0.29, 0.717) is 18.6 Å². The maximum atomic E-state index is 12.7. The highest BCUT2D eigenvalue weighted by atomic mass is 31.3. The predicted molar refractivity (Wildman–Crippen MR) is 143 cm³/mol. The SMILES string of the molecule is COc1ccc(P(=O)(O)OP(=O)(O)OC[C@H]2O[C@@H](n3ccc(=O)[nH]c3=O)[C@H]3OC(CCc4ccccc4)O[C@H]32)cc1. The average molecular weight is 610 g/mol. The summed E-state index contributed by atoms with van der Waals surface area (Å²) in [7, 11) is -8.45. The minimum Gasteiger partial charge on any atom is -0.497 e. The number of phosphoric ester groups is 1. The van der Waals surface area contributed by atoms with Crippen LogP contribution in [0.25, 0.3) is 0 Å². The van der Waals surface area contributed by atoms with E-state index in [0.717, 1.165) is 16.2 Å². The van der Waals surface area contributed by atoms with Crippen molar-refractivity contribution in [1.29, 1.82) is 0 Å². The first-order valence-corrected chi connectivity index (χ1v) is 15.6. The monoisotopic (exact) mass is 610 g/mol. The maximum absolute atomic E-state index is 12.7. The van der Waals surface area contributed by atoms with Crippen molar-refractivity contribution in [3.8, 4) is 5.75 Å². The molecule has 3 aromatic rings. The van der Waals surface area contributed by atoms with Crippen molar-refractivity contribution < 1.29 is 46.7 Å². The van der Waals surface area contributed by atoms with Gasteiger partial charge in [0.2, 0.25) is 0 Å². The van der Waals surface area contributed by atoms with Crippen LogP contribution in [0.3, 0.4) is 0 Å². The van der Waals surface area contributed by atoms with E-state index in [-0.39, 0.29) is 5.30 Å². The number of benzene rings is 2. The summed E-state index contributed by atoms with van der Waals surface area (Å²) in [5.74, 6) is 0.405. The number of H-pyrrole nitrogens is 1. The number of ether oxygens (including phenoxy) is 4. The minimum atomic E-state index is -5.10. The van der Waals surface area contributed by atoms with Crippen molar-refractivity contribution in [3.63, 3.8) is 0 Å². The Labute approximate surface area is 233 Å². The molecule has 0 radical (unpaired) electrons. The Morgan fingerprint density at radius 3 is 2.34 bits per heavy atom. The Bertz CT molecular complexity index is 1560. The Balaban J connectivity index is 1.29. The molecule has 2 fully saturated rings. The Kier molecular flexibility index (Phi) is 8.76. The molecule has 0 spiro atoms. The summed E-state index contributed by atoms with van der Waals surface area (Å²) < 4.78 is 59.2. The summed E-state index contributed by atoms with van der Waals surface area (Å²) in [6, 6.07) is 16.0. The van der Waals surface area contributed by atoms with Crippen molar-refractivity contribution in [2.75, 3.05) is 13.7 Å². The zero-order valence-electron chi connectivity index (χ0n) is 21.7. The van der Waals surface area contributed by atoms with E-state index in [1.165, 1.54) is 37.6 Å². The Morgan fingerprint density at radius 1 is 0.951 bits per heavy atom. The molecule has 2 saturated heterocycles. The van der Waals surface area contributed by atoms with Gasteiger partial charge in [0, 0.05) is 18.7 Å². The zero-order valence-corrected chi connectivity index (χ0v) is 23.5. The van der Waals surface area contributed by atoms with Gasteiger partial charge < -0.3 is 28.7 Å². The van der Waals surface area contributed by atoms with Gasteiger partial charge in [0.25, 0.3) is 5.56 Å². The number of nitrogens with one attached hydrogen (secondary N) is 1. The molecular formula is C25H28N2O12P2. The van der Waals surface area contributed by atoms with E-state index in [2.05, 4.69) is 9.29 Å². The molecule has 1 aromatic heterocycles. The lowest BCUT2D eigenvalue weighted by molar-refractivity contribution is -0.153. The summed E-state index contributed by atoms with van der Waals surface area (Å²) in [4.78, 5) is 46.8. The second-order valence-corrected chi connectivity index (χ2v) is 12.7. The van der Waals surface area contributed by atoms with E-state index in [4.69, 9.17) is 23.5 Å². The van der Waals surface area contributed by atoms with Gasteiger partial charge in [-0.15, -0.1) is 0 Å². The Morgan fingerprint density at radius 2 is 1.66 bits per heavy atom. The van der Waals surface area contributed by atoms with Gasteiger partial charge in [0.1, 0.15) is 24.1 Å². The van der Waals surface area contributed by atoms with Crippen LogP contribution in [-0.2, 0) is 38.6 Å². The lowest BCUT2D eigenvalue weighted by Gasteiger charge is -2.22. The minimum absolute atomic E-state index is 0.250. The fraction of sp³-hybridized carbons (Fsp3) is 0.360. The molecule has 3 heterocycles. The highest BCUT2D eigenvalue weighted by molar-refractivity contribution is 7.69. The fourth-order valence-corrected chi connectivity index (χ4v) is 7.15. The first-order chi connectivity index (χ1) is 19.5. The number of hydrogen-bond donors (Lipinski definition) is 3. The van der Waals surface area contributed by atoms with Crippen LogP contribution in [0.1, 0.15) is 18.2 Å². The van der Waals surface area contributed by atoms with Crippen LogP contribution in [0, 0.1) is 0 Å². The van der Waals surface area contributed by atoms with E-state index in [1.807, 2.05) is 30.3 Å². The average Bonchev–Trinajstić information content (AvgIpc) is 3.50. The molecule has 220 valence electrons. The molecule has 0 bridgehead atoms. The Hall–Kier alpha value is -2.90. The molecule has 16 heteroatoms. The molecule has 0 amide bonds. The van der Waals surface area contributed by atoms with Crippen LogP contribution in [-0.4, -0.2) is 57.7 Å². The van der Waals surface area contributed by atoms with Gasteiger partial charge in [-0.25, -0.2) is 13.7 Å². The molecule has 2 aliphatic rings. The molecule has 7 atom stereocenters. The van der Waals surface area contributed by atoms with Crippen LogP contribution in [0.2, 0.25) is 0 Å². The quantitative estimate of drug-likeness (QED) is 0.268. The van der Waals surface area contributed by atoms with Crippen molar-refractivity contribution in [3.05, 3.63) is 93.3 Å². The van der Waals surface area contributed by atoms with Gasteiger partial charge in [-0.1, -0.05) is 30.3 Å². The van der Waals surface area contributed by atoms with Gasteiger partial charge in [-0.05, 0) is 36.2 Å². The summed E-state index contributed by atoms with van der Waals surface area (Å²) in [6.07, 6.45) is -2.15. The van der Waals surface area contributed by atoms with Gasteiger partial charge in [0.05, 0.1) is 19.0 Å². The van der Waals surface area contributed by atoms with Crippen LogP contribution in [0.4, 0.5) is 0 Å². The van der Waals surface area contributed by atoms with E-state index >= 15 is 0 Å². The number of fused-ring (bicyclic) bond motifs is 1. The maximum Gasteiger partial charge on any atom is 0.479 e. The molecule has 3 N–H and O–H groups in total. The standard InChI is InChI=1S/C25H28N2O12P2/c1-34-17-8-10-18(11-9-17)40(30,31)39-41(32,33)35-15-19-22-23(24(36-19)27-14-13-20(28)26-25(27)29)38-21(37-22)12-7-16-5-3-2-4-6-16/h2-6,8-11,13-14,19,21-24H,7,12,15H2,1H3,(H,30,31)(H,32,33)(H,26,28,29)/t19-,21?,22+,23+,24-/m1/s1. The number of methoxy groups -OCH3 is 1. The summed E-state index contributed by atoms with van der Waals surface area (Å²) in [5, 5.41) is -0.250. The molecule has 0 aliphatic carbocycles. The van der Waals surface area contributed by atoms with E-state index < -0.39 is 64.1 Å². The zero-order chi connectivity index (χ0) is 29.2. The van der Waals surface area contributed by atoms with Crippen molar-refractivity contribution >= 4 is 20.7 Å². The molecular weight excluding hydrogens is 582 g/mol. The molecule has 41 heavy (non-hydrogen) atoms. The summed E-state index contributed by atoms with van der Waals surface area (Å²) >= 11 is 0. The first kappa shape index (κ1) is 29.6. The van der Waals surface area contributed by atoms with Crippen LogP contribution in [0.5, 0.6) is 5.75 Å². The lowest BCUT2D eigenvalue weighted by atomic mass is 10.1. The van der Waals surface area contributed by atoms with Crippen LogP contribution in [0.15, 0.2) is 76.4 Å². The van der Waals surface area contributed by atoms with Crippen molar-refractivity contribution in [1.82, 2.24) is 9.55 Å². The van der Waals surface area contributed by atoms with E-state index in [9.17, 15) is 28.5 Å². The third-order valence-corrected chi connectivity index (χ3v) is 9.69. The third kappa shape index (κ3) is 6.95. The number of nitrogens with zero attached hydrogens (tertiary/aromatic N) is 1. The molecule has 0 saturated carbocycles. The van der Waals surface area contributed by atoms with Crippen LogP contribution >= 0.6 is 15.4 Å². The van der Waals surface area contributed by atoms with Crippen LogP contribution < -0.4 is 21.3 Å². The second-order valence-electron chi connectivity index (χ2n) is 9.30. The van der Waals surface area contributed by atoms with Crippen molar-refractivity contribution in [2.45, 2.75) is 43.7 Å². The van der Waals surface area contributed by atoms with Gasteiger partial charge >= 0.3 is 21.1 Å². The number of aryl methyl sites for hydroxylation is 1.